The molecule has 1 rings (SSSR count). The molecule has 0 radical (unpaired) electrons. The number of nitriles is 1. The lowest BCUT2D eigenvalue weighted by molar-refractivity contribution is 0.306. The van der Waals surface area contributed by atoms with Crippen molar-refractivity contribution in [2.24, 2.45) is 5.73 Å². The first-order valence-electron chi connectivity index (χ1n) is 6.52. The quantitative estimate of drug-likeness (QED) is 0.752. The van der Waals surface area contributed by atoms with Crippen molar-refractivity contribution in [2.75, 3.05) is 6.61 Å². The molecule has 3 nitrogen and oxygen atoms in total. The second-order valence-electron chi connectivity index (χ2n) is 4.55. The van der Waals surface area contributed by atoms with Crippen molar-refractivity contribution in [1.29, 1.82) is 5.26 Å². The highest BCUT2D eigenvalue weighted by Crippen LogP contribution is 2.25. The molecule has 0 aliphatic carbocycles. The van der Waals surface area contributed by atoms with Crippen LogP contribution < -0.4 is 10.5 Å². The molecule has 18 heavy (non-hydrogen) atoms. The molecule has 0 aliphatic rings. The molecule has 3 heteroatoms. The van der Waals surface area contributed by atoms with Crippen molar-refractivity contribution in [3.63, 3.8) is 0 Å². The van der Waals surface area contributed by atoms with Crippen molar-refractivity contribution in [3.05, 3.63) is 29.3 Å². The van der Waals surface area contributed by atoms with Crippen molar-refractivity contribution in [3.8, 4) is 11.8 Å². The van der Waals surface area contributed by atoms with Crippen LogP contribution in [0.2, 0.25) is 0 Å². The van der Waals surface area contributed by atoms with E-state index in [4.69, 9.17) is 15.7 Å². The number of aryl methyl sites for hydroxylation is 1. The molecule has 2 N–H and O–H groups in total. The fourth-order valence-corrected chi connectivity index (χ4v) is 1.83. The number of hydrogen-bond donors (Lipinski definition) is 1. The summed E-state index contributed by atoms with van der Waals surface area (Å²) in [5.74, 6) is 0.944. The van der Waals surface area contributed by atoms with Crippen molar-refractivity contribution < 1.29 is 4.74 Å². The largest absolute Gasteiger partial charge is 0.493 e. The van der Waals surface area contributed by atoms with Crippen LogP contribution in [0.4, 0.5) is 0 Å². The Morgan fingerprint density at radius 3 is 2.89 bits per heavy atom. The zero-order chi connectivity index (χ0) is 13.4. The highest BCUT2D eigenvalue weighted by Gasteiger charge is 2.10. The molecule has 1 unspecified atom stereocenters. The Labute approximate surface area is 110 Å². The van der Waals surface area contributed by atoms with Crippen LogP contribution in [0.5, 0.6) is 5.75 Å². The normalized spacial score (nSPS) is 11.9. The van der Waals surface area contributed by atoms with Crippen LogP contribution >= 0.6 is 0 Å². The van der Waals surface area contributed by atoms with Gasteiger partial charge in [0, 0.05) is 12.5 Å². The number of ether oxygens (including phenoxy) is 1. The number of benzene rings is 1. The summed E-state index contributed by atoms with van der Waals surface area (Å²) in [6.07, 6.45) is 3.10. The van der Waals surface area contributed by atoms with E-state index >= 15 is 0 Å². The SMILES string of the molecule is CCC(N)Cc1cccc(C)c1OCCCC#N. The Morgan fingerprint density at radius 1 is 1.44 bits per heavy atom. The monoisotopic (exact) mass is 246 g/mol. The summed E-state index contributed by atoms with van der Waals surface area (Å²) < 4.78 is 5.81. The molecule has 0 heterocycles. The maximum absolute atomic E-state index is 8.50. The van der Waals surface area contributed by atoms with Crippen LogP contribution in [0.15, 0.2) is 18.2 Å². The molecule has 0 aliphatic heterocycles. The summed E-state index contributed by atoms with van der Waals surface area (Å²) in [7, 11) is 0. The number of unbranched alkanes of at least 4 members (excludes halogenated alkanes) is 1. The minimum absolute atomic E-state index is 0.174. The van der Waals surface area contributed by atoms with Gasteiger partial charge in [-0.2, -0.15) is 5.26 Å². The maximum atomic E-state index is 8.50. The van der Waals surface area contributed by atoms with Gasteiger partial charge in [0.15, 0.2) is 0 Å². The average molecular weight is 246 g/mol. The van der Waals surface area contributed by atoms with E-state index in [1.807, 2.05) is 19.1 Å². The van der Waals surface area contributed by atoms with Gasteiger partial charge in [0.2, 0.25) is 0 Å². The summed E-state index contributed by atoms with van der Waals surface area (Å²) >= 11 is 0. The topological polar surface area (TPSA) is 59.0 Å². The van der Waals surface area contributed by atoms with Gasteiger partial charge in [-0.25, -0.2) is 0 Å². The number of hydrogen-bond acceptors (Lipinski definition) is 3. The van der Waals surface area contributed by atoms with Gasteiger partial charge in [-0.3, -0.25) is 0 Å². The molecule has 0 aromatic heterocycles. The van der Waals surface area contributed by atoms with E-state index in [2.05, 4.69) is 19.1 Å². The van der Waals surface area contributed by atoms with Gasteiger partial charge in [-0.15, -0.1) is 0 Å². The first-order valence-corrected chi connectivity index (χ1v) is 6.52. The van der Waals surface area contributed by atoms with Crippen LogP contribution in [-0.4, -0.2) is 12.6 Å². The van der Waals surface area contributed by atoms with E-state index in [-0.39, 0.29) is 6.04 Å². The lowest BCUT2D eigenvalue weighted by Gasteiger charge is -2.16. The molecule has 0 fully saturated rings. The summed E-state index contributed by atoms with van der Waals surface area (Å²) in [4.78, 5) is 0. The lowest BCUT2D eigenvalue weighted by Crippen LogP contribution is -2.22. The van der Waals surface area contributed by atoms with E-state index in [0.717, 1.165) is 30.6 Å². The molecule has 98 valence electrons. The molecule has 0 spiro atoms. The predicted octanol–water partition coefficient (Wildman–Crippen LogP) is 2.96. The number of rotatable bonds is 7. The Bertz CT molecular complexity index is 409. The Morgan fingerprint density at radius 2 is 2.22 bits per heavy atom. The summed E-state index contributed by atoms with van der Waals surface area (Å²) in [5.41, 5.74) is 8.30. The van der Waals surface area contributed by atoms with E-state index in [9.17, 15) is 0 Å². The van der Waals surface area contributed by atoms with Crippen molar-refractivity contribution in [2.45, 2.75) is 45.6 Å². The maximum Gasteiger partial charge on any atom is 0.125 e. The Kier molecular flexibility index (Phi) is 6.24. The second kappa shape index (κ2) is 7.73. The van der Waals surface area contributed by atoms with Gasteiger partial charge in [-0.1, -0.05) is 25.1 Å². The van der Waals surface area contributed by atoms with Gasteiger partial charge in [-0.05, 0) is 37.3 Å². The van der Waals surface area contributed by atoms with Gasteiger partial charge in [0.05, 0.1) is 12.7 Å². The smallest absolute Gasteiger partial charge is 0.125 e. The predicted molar refractivity (Wildman–Crippen MR) is 73.5 cm³/mol. The number of para-hydroxylation sites is 1. The molecule has 1 atom stereocenters. The highest BCUT2D eigenvalue weighted by atomic mass is 16.5. The first-order chi connectivity index (χ1) is 8.69. The van der Waals surface area contributed by atoms with Crippen LogP contribution in [-0.2, 0) is 6.42 Å². The molecule has 0 saturated carbocycles. The third-order valence-corrected chi connectivity index (χ3v) is 2.98. The van der Waals surface area contributed by atoms with Gasteiger partial charge in [0.1, 0.15) is 5.75 Å². The van der Waals surface area contributed by atoms with E-state index in [1.54, 1.807) is 0 Å². The van der Waals surface area contributed by atoms with E-state index in [0.29, 0.717) is 13.0 Å². The fourth-order valence-electron chi connectivity index (χ4n) is 1.83. The molecular weight excluding hydrogens is 224 g/mol. The first kappa shape index (κ1) is 14.5. The fraction of sp³-hybridized carbons (Fsp3) is 0.533. The Balaban J connectivity index is 2.71. The molecule has 0 bridgehead atoms. The summed E-state index contributed by atoms with van der Waals surface area (Å²) in [5, 5.41) is 8.50. The van der Waals surface area contributed by atoms with Crippen LogP contribution in [0.3, 0.4) is 0 Å². The zero-order valence-corrected chi connectivity index (χ0v) is 11.3. The van der Waals surface area contributed by atoms with Crippen molar-refractivity contribution >= 4 is 0 Å². The molecule has 1 aromatic rings. The van der Waals surface area contributed by atoms with Crippen LogP contribution in [0.1, 0.15) is 37.3 Å². The third-order valence-electron chi connectivity index (χ3n) is 2.98. The van der Waals surface area contributed by atoms with Gasteiger partial charge >= 0.3 is 0 Å². The van der Waals surface area contributed by atoms with Gasteiger partial charge < -0.3 is 10.5 Å². The minimum Gasteiger partial charge on any atom is -0.493 e. The van der Waals surface area contributed by atoms with Crippen LogP contribution in [0.25, 0.3) is 0 Å². The number of nitrogens with zero attached hydrogens (tertiary/aromatic N) is 1. The summed E-state index contributed by atoms with van der Waals surface area (Å²) in [6.45, 7) is 4.72. The minimum atomic E-state index is 0.174. The lowest BCUT2D eigenvalue weighted by atomic mass is 10.0. The summed E-state index contributed by atoms with van der Waals surface area (Å²) in [6, 6.07) is 8.45. The number of nitrogens with two attached hydrogens (primary N) is 1. The Hall–Kier alpha value is -1.53. The van der Waals surface area contributed by atoms with E-state index < -0.39 is 0 Å². The second-order valence-corrected chi connectivity index (χ2v) is 4.55. The molecule has 0 saturated heterocycles. The van der Waals surface area contributed by atoms with E-state index in [1.165, 1.54) is 5.56 Å². The third kappa shape index (κ3) is 4.38. The molecular formula is C15H22N2O. The standard InChI is InChI=1S/C15H22N2O/c1-3-14(17)11-13-8-6-7-12(2)15(13)18-10-5-4-9-16/h6-8,14H,3-5,10-11,17H2,1-2H3. The molecule has 0 amide bonds. The molecule has 1 aromatic carbocycles. The zero-order valence-electron chi connectivity index (χ0n) is 11.3. The van der Waals surface area contributed by atoms with Crippen LogP contribution in [0, 0.1) is 18.3 Å². The van der Waals surface area contributed by atoms with Gasteiger partial charge in [0.25, 0.3) is 0 Å². The average Bonchev–Trinajstić information content (AvgIpc) is 2.37. The highest BCUT2D eigenvalue weighted by molar-refractivity contribution is 5.41. The van der Waals surface area contributed by atoms with Crippen molar-refractivity contribution in [1.82, 2.24) is 0 Å².